The zero-order valence-electron chi connectivity index (χ0n) is 27.7. The summed E-state index contributed by atoms with van der Waals surface area (Å²) in [4.78, 5) is 17.7. The first-order chi connectivity index (χ1) is 23.6. The second-order valence-corrected chi connectivity index (χ2v) is 12.7. The van der Waals surface area contributed by atoms with Crippen LogP contribution < -0.4 is 30.5 Å². The molecule has 0 aliphatic carbocycles. The number of methoxy groups -OCH3 is 1. The van der Waals surface area contributed by atoms with E-state index in [1.165, 1.54) is 30.5 Å². The highest BCUT2D eigenvalue weighted by Crippen LogP contribution is 2.40. The van der Waals surface area contributed by atoms with Crippen LogP contribution >= 0.6 is 0 Å². The molecule has 0 radical (unpaired) electrons. The molecule has 3 aliphatic rings. The van der Waals surface area contributed by atoms with Crippen molar-refractivity contribution in [1.82, 2.24) is 5.32 Å². The number of nitrogens with zero attached hydrogens (tertiary/aromatic N) is 2. The van der Waals surface area contributed by atoms with Crippen LogP contribution in [0.3, 0.4) is 0 Å². The van der Waals surface area contributed by atoms with E-state index in [4.69, 9.17) is 9.47 Å². The molecule has 1 saturated heterocycles. The van der Waals surface area contributed by atoms with Gasteiger partial charge in [-0.15, -0.1) is 0 Å². The molecule has 8 nitrogen and oxygen atoms in total. The number of fused-ring (bicyclic) bond motifs is 2. The van der Waals surface area contributed by atoms with Crippen molar-refractivity contribution in [2.75, 3.05) is 53.8 Å². The molecule has 0 spiro atoms. The summed E-state index contributed by atoms with van der Waals surface area (Å²) in [6, 6.07) is 31.1. The average molecular weight is 644 g/mol. The van der Waals surface area contributed by atoms with Crippen molar-refractivity contribution in [1.29, 1.82) is 0 Å². The number of allylic oxidation sites excluding steroid dienone is 1. The van der Waals surface area contributed by atoms with E-state index in [9.17, 15) is 4.79 Å². The van der Waals surface area contributed by atoms with Crippen molar-refractivity contribution in [3.8, 4) is 5.75 Å². The van der Waals surface area contributed by atoms with Crippen LogP contribution in [0.5, 0.6) is 5.75 Å². The van der Waals surface area contributed by atoms with Crippen LogP contribution in [0.2, 0.25) is 0 Å². The Hall–Kier alpha value is -4.79. The molecule has 1 amide bonds. The molecule has 4 aromatic carbocycles. The van der Waals surface area contributed by atoms with Gasteiger partial charge in [-0.05, 0) is 97.3 Å². The second kappa shape index (κ2) is 15.0. The lowest BCUT2D eigenvalue weighted by molar-refractivity contribution is 0.0362. The topological polar surface area (TPSA) is 78.1 Å². The number of benzene rings is 4. The SMILES string of the molecule is COC(COc1ccc(C2Nc3ccc(N4Cc5cc(N6CCCCC6)ccc5C4=O)cc3N2)cc1)NC/C=C/CCc1ccccc1. The largest absolute Gasteiger partial charge is 0.489 e. The molecule has 48 heavy (non-hydrogen) atoms. The van der Waals surface area contributed by atoms with Crippen molar-refractivity contribution in [3.63, 3.8) is 0 Å². The highest BCUT2D eigenvalue weighted by Gasteiger charge is 2.31. The molecule has 8 heteroatoms. The zero-order valence-corrected chi connectivity index (χ0v) is 27.7. The summed E-state index contributed by atoms with van der Waals surface area (Å²) in [5.74, 6) is 0.851. The number of amides is 1. The van der Waals surface area contributed by atoms with Gasteiger partial charge in [0.05, 0.1) is 17.9 Å². The van der Waals surface area contributed by atoms with Crippen LogP contribution in [0.1, 0.15) is 58.9 Å². The number of hydrogen-bond donors (Lipinski definition) is 3. The molecule has 3 heterocycles. The Balaban J connectivity index is 0.892. The van der Waals surface area contributed by atoms with E-state index in [1.807, 2.05) is 35.2 Å². The first-order valence-electron chi connectivity index (χ1n) is 17.2. The number of nitrogens with one attached hydrogen (secondary N) is 3. The van der Waals surface area contributed by atoms with E-state index in [0.717, 1.165) is 72.0 Å². The van der Waals surface area contributed by atoms with Crippen LogP contribution in [0.25, 0.3) is 0 Å². The highest BCUT2D eigenvalue weighted by molar-refractivity contribution is 6.10. The molecule has 3 aliphatic heterocycles. The fourth-order valence-corrected chi connectivity index (χ4v) is 6.76. The van der Waals surface area contributed by atoms with Gasteiger partial charge in [0.2, 0.25) is 0 Å². The van der Waals surface area contributed by atoms with E-state index in [1.54, 1.807) is 7.11 Å². The number of ether oxygens (including phenoxy) is 2. The number of carbonyl (C=O) groups excluding carboxylic acids is 1. The van der Waals surface area contributed by atoms with Crippen LogP contribution in [0, 0.1) is 0 Å². The Morgan fingerprint density at radius 1 is 0.875 bits per heavy atom. The molecular formula is C40H45N5O3. The van der Waals surface area contributed by atoms with Gasteiger partial charge < -0.3 is 29.9 Å². The van der Waals surface area contributed by atoms with E-state index in [2.05, 4.69) is 93.7 Å². The van der Waals surface area contributed by atoms with E-state index in [-0.39, 0.29) is 18.3 Å². The first-order valence-corrected chi connectivity index (χ1v) is 17.2. The molecular weight excluding hydrogens is 598 g/mol. The normalized spacial score (nSPS) is 17.6. The van der Waals surface area contributed by atoms with Crippen molar-refractivity contribution < 1.29 is 14.3 Å². The number of rotatable bonds is 13. The molecule has 248 valence electrons. The fraction of sp³-hybridized carbons (Fsp3) is 0.325. The molecule has 0 bridgehead atoms. The van der Waals surface area contributed by atoms with Gasteiger partial charge in [0, 0.05) is 43.7 Å². The molecule has 4 aromatic rings. The summed E-state index contributed by atoms with van der Waals surface area (Å²) in [7, 11) is 1.69. The van der Waals surface area contributed by atoms with E-state index in [0.29, 0.717) is 13.2 Å². The minimum absolute atomic E-state index is 0.0643. The number of anilines is 4. The average Bonchev–Trinajstić information content (AvgIpc) is 3.72. The third kappa shape index (κ3) is 7.35. The maximum absolute atomic E-state index is 13.4. The zero-order chi connectivity index (χ0) is 32.7. The maximum atomic E-state index is 13.4. The summed E-state index contributed by atoms with van der Waals surface area (Å²) >= 11 is 0. The van der Waals surface area contributed by atoms with Crippen LogP contribution in [-0.4, -0.2) is 45.5 Å². The summed E-state index contributed by atoms with van der Waals surface area (Å²) < 4.78 is 11.6. The lowest BCUT2D eigenvalue weighted by Gasteiger charge is -2.29. The van der Waals surface area contributed by atoms with E-state index < -0.39 is 0 Å². The van der Waals surface area contributed by atoms with Crippen LogP contribution in [-0.2, 0) is 17.7 Å². The van der Waals surface area contributed by atoms with Gasteiger partial charge in [-0.3, -0.25) is 10.1 Å². The third-order valence-corrected chi connectivity index (χ3v) is 9.50. The Morgan fingerprint density at radius 3 is 2.48 bits per heavy atom. The fourth-order valence-electron chi connectivity index (χ4n) is 6.76. The Kier molecular flexibility index (Phi) is 9.91. The smallest absolute Gasteiger partial charge is 0.258 e. The van der Waals surface area contributed by atoms with Gasteiger partial charge in [-0.1, -0.05) is 54.6 Å². The Morgan fingerprint density at radius 2 is 1.67 bits per heavy atom. The lowest BCUT2D eigenvalue weighted by atomic mass is 10.1. The minimum atomic E-state index is -0.211. The van der Waals surface area contributed by atoms with Gasteiger partial charge in [0.25, 0.3) is 5.91 Å². The summed E-state index contributed by atoms with van der Waals surface area (Å²) in [6.45, 7) is 3.90. The van der Waals surface area contributed by atoms with Gasteiger partial charge in [-0.2, -0.15) is 0 Å². The first kappa shape index (κ1) is 31.8. The van der Waals surface area contributed by atoms with Crippen LogP contribution in [0.15, 0.2) is 103 Å². The number of carbonyl (C=O) groups is 1. The number of aryl methyl sites for hydroxylation is 1. The monoisotopic (exact) mass is 643 g/mol. The van der Waals surface area contributed by atoms with Gasteiger partial charge in [0.1, 0.15) is 24.8 Å². The van der Waals surface area contributed by atoms with Gasteiger partial charge in [0.15, 0.2) is 0 Å². The Bertz CT molecular complexity index is 1720. The van der Waals surface area contributed by atoms with E-state index >= 15 is 0 Å². The molecule has 3 N–H and O–H groups in total. The summed E-state index contributed by atoms with van der Waals surface area (Å²) in [5, 5.41) is 10.5. The standard InChI is InChI=1S/C40H45N5O3/c1-47-38(41-22-8-3-7-13-29-11-5-2-6-12-29)28-48-34-18-14-30(15-19-34)39-42-36-21-17-33(26-37(36)43-39)45-27-31-25-32(16-20-35(31)40(45)46)44-23-9-4-10-24-44/h2-3,5-6,8,11-12,14-21,25-26,38-39,41-43H,4,7,9-10,13,22-24,27-28H2,1H3/b8-3+. The number of hydrogen-bond acceptors (Lipinski definition) is 7. The second-order valence-electron chi connectivity index (χ2n) is 12.7. The van der Waals surface area contributed by atoms with Gasteiger partial charge >= 0.3 is 0 Å². The number of piperidine rings is 1. The molecule has 7 rings (SSSR count). The third-order valence-electron chi connectivity index (χ3n) is 9.50. The molecule has 0 saturated carbocycles. The minimum Gasteiger partial charge on any atom is -0.489 e. The van der Waals surface area contributed by atoms with Gasteiger partial charge in [-0.25, -0.2) is 0 Å². The Labute approximate surface area is 283 Å². The molecule has 0 aromatic heterocycles. The van der Waals surface area contributed by atoms with Crippen molar-refractivity contribution >= 4 is 28.7 Å². The summed E-state index contributed by atoms with van der Waals surface area (Å²) in [5.41, 5.74) is 8.49. The molecule has 2 atom stereocenters. The van der Waals surface area contributed by atoms with Crippen LogP contribution in [0.4, 0.5) is 22.7 Å². The van der Waals surface area contributed by atoms with Crippen molar-refractivity contribution in [3.05, 3.63) is 125 Å². The molecule has 1 fully saturated rings. The van der Waals surface area contributed by atoms with Crippen molar-refractivity contribution in [2.24, 2.45) is 0 Å². The predicted octanol–water partition coefficient (Wildman–Crippen LogP) is 7.50. The van der Waals surface area contributed by atoms with Crippen molar-refractivity contribution in [2.45, 2.75) is 51.0 Å². The lowest BCUT2D eigenvalue weighted by Crippen LogP contribution is -2.36. The quantitative estimate of drug-likeness (QED) is 0.103. The summed E-state index contributed by atoms with van der Waals surface area (Å²) in [6.07, 6.45) is 9.87. The predicted molar refractivity (Wildman–Crippen MR) is 194 cm³/mol. The highest BCUT2D eigenvalue weighted by atomic mass is 16.5. The maximum Gasteiger partial charge on any atom is 0.258 e. The molecule has 2 unspecified atom stereocenters.